The van der Waals surface area contributed by atoms with Crippen LogP contribution in [0.4, 0.5) is 0 Å². The van der Waals surface area contributed by atoms with Crippen molar-refractivity contribution in [1.82, 2.24) is 15.2 Å². The maximum absolute atomic E-state index is 5.38. The topological polar surface area (TPSA) is 37.4 Å². The largest absolute Gasteiger partial charge is 0.379 e. The van der Waals surface area contributed by atoms with E-state index < -0.39 is 0 Å². The first kappa shape index (κ1) is 16.9. The molecule has 21 heavy (non-hydrogen) atoms. The molecule has 1 saturated heterocycles. The molecule has 0 saturated carbocycles. The first-order valence-corrected chi connectivity index (χ1v) is 8.71. The maximum atomic E-state index is 5.38. The van der Waals surface area contributed by atoms with Gasteiger partial charge in [0.1, 0.15) is 0 Å². The molecule has 2 rings (SSSR count). The van der Waals surface area contributed by atoms with Crippen molar-refractivity contribution in [2.75, 3.05) is 39.4 Å². The zero-order valence-electron chi connectivity index (χ0n) is 14.0. The molecule has 1 N–H and O–H groups in total. The van der Waals surface area contributed by atoms with Crippen LogP contribution in [0.5, 0.6) is 0 Å². The molecule has 1 aliphatic rings. The van der Waals surface area contributed by atoms with E-state index in [9.17, 15) is 0 Å². The van der Waals surface area contributed by atoms with Crippen molar-refractivity contribution in [2.24, 2.45) is 0 Å². The van der Waals surface area contributed by atoms with Gasteiger partial charge in [-0.15, -0.1) is 11.3 Å². The molecule has 0 aliphatic carbocycles. The molecule has 5 heteroatoms. The van der Waals surface area contributed by atoms with Gasteiger partial charge < -0.3 is 10.1 Å². The fourth-order valence-electron chi connectivity index (χ4n) is 2.49. The average Bonchev–Trinajstić information content (AvgIpc) is 2.82. The van der Waals surface area contributed by atoms with Crippen LogP contribution >= 0.6 is 11.3 Å². The summed E-state index contributed by atoms with van der Waals surface area (Å²) in [6.07, 6.45) is 0. The number of aromatic nitrogens is 1. The molecule has 1 aromatic rings. The van der Waals surface area contributed by atoms with Gasteiger partial charge in [0.05, 0.1) is 23.9 Å². The van der Waals surface area contributed by atoms with Gasteiger partial charge in [0, 0.05) is 42.5 Å². The first-order chi connectivity index (χ1) is 9.88. The predicted octanol–water partition coefficient (Wildman–Crippen LogP) is 2.73. The van der Waals surface area contributed by atoms with Crippen LogP contribution < -0.4 is 5.32 Å². The van der Waals surface area contributed by atoms with Crippen LogP contribution in [0, 0.1) is 6.92 Å². The van der Waals surface area contributed by atoms with E-state index in [2.05, 4.69) is 44.8 Å². The highest BCUT2D eigenvalue weighted by Crippen LogP contribution is 2.32. The normalized spacial score (nSPS) is 18.9. The summed E-state index contributed by atoms with van der Waals surface area (Å²) < 4.78 is 5.38. The summed E-state index contributed by atoms with van der Waals surface area (Å²) in [5.41, 5.74) is 1.32. The third kappa shape index (κ3) is 4.74. The maximum Gasteiger partial charge on any atom is 0.0985 e. The van der Waals surface area contributed by atoms with Crippen molar-refractivity contribution < 1.29 is 4.74 Å². The van der Waals surface area contributed by atoms with E-state index in [4.69, 9.17) is 9.72 Å². The molecular formula is C16H29N3OS. The van der Waals surface area contributed by atoms with Crippen LogP contribution in [-0.4, -0.2) is 49.3 Å². The Morgan fingerprint density at radius 1 is 1.33 bits per heavy atom. The lowest BCUT2D eigenvalue weighted by molar-refractivity contribution is 0.0382. The van der Waals surface area contributed by atoms with Gasteiger partial charge >= 0.3 is 0 Å². The SMILES string of the molecule is Cc1nc(C(C)(C)C)sc1C(C)NCCN1CCOCC1. The fourth-order valence-corrected chi connectivity index (χ4v) is 3.64. The van der Waals surface area contributed by atoms with Gasteiger partial charge in [0.15, 0.2) is 0 Å². The molecule has 0 aromatic carbocycles. The summed E-state index contributed by atoms with van der Waals surface area (Å²) >= 11 is 1.85. The number of nitrogens with zero attached hydrogens (tertiary/aromatic N) is 2. The molecule has 1 unspecified atom stereocenters. The summed E-state index contributed by atoms with van der Waals surface area (Å²) in [6.45, 7) is 17.0. The van der Waals surface area contributed by atoms with Crippen LogP contribution in [-0.2, 0) is 10.2 Å². The number of aryl methyl sites for hydroxylation is 1. The molecule has 0 spiro atoms. The highest BCUT2D eigenvalue weighted by atomic mass is 32.1. The summed E-state index contributed by atoms with van der Waals surface area (Å²) in [6, 6.07) is 0.375. The second-order valence-electron chi connectivity index (χ2n) is 6.85. The number of thiazole rings is 1. The summed E-state index contributed by atoms with van der Waals surface area (Å²) in [7, 11) is 0. The van der Waals surface area contributed by atoms with E-state index in [1.165, 1.54) is 15.6 Å². The molecule has 1 atom stereocenters. The van der Waals surface area contributed by atoms with E-state index in [-0.39, 0.29) is 5.41 Å². The van der Waals surface area contributed by atoms with Crippen LogP contribution in [0.2, 0.25) is 0 Å². The van der Waals surface area contributed by atoms with Gasteiger partial charge in [0.25, 0.3) is 0 Å². The minimum Gasteiger partial charge on any atom is -0.379 e. The summed E-state index contributed by atoms with van der Waals surface area (Å²) in [4.78, 5) is 8.59. The highest BCUT2D eigenvalue weighted by molar-refractivity contribution is 7.12. The Bertz CT molecular complexity index is 447. The van der Waals surface area contributed by atoms with Crippen LogP contribution in [0.15, 0.2) is 0 Å². The molecule has 1 fully saturated rings. The summed E-state index contributed by atoms with van der Waals surface area (Å²) in [5.74, 6) is 0. The smallest absolute Gasteiger partial charge is 0.0985 e. The van der Waals surface area contributed by atoms with Crippen LogP contribution in [0.3, 0.4) is 0 Å². The minimum atomic E-state index is 0.140. The molecule has 120 valence electrons. The first-order valence-electron chi connectivity index (χ1n) is 7.89. The van der Waals surface area contributed by atoms with E-state index in [1.54, 1.807) is 0 Å². The number of rotatable bonds is 5. The van der Waals surface area contributed by atoms with E-state index >= 15 is 0 Å². The molecule has 4 nitrogen and oxygen atoms in total. The molecule has 2 heterocycles. The van der Waals surface area contributed by atoms with Crippen molar-refractivity contribution >= 4 is 11.3 Å². The number of hydrogen-bond donors (Lipinski definition) is 1. The van der Waals surface area contributed by atoms with Gasteiger partial charge in [-0.25, -0.2) is 4.98 Å². The van der Waals surface area contributed by atoms with Crippen LogP contribution in [0.25, 0.3) is 0 Å². The molecule has 1 aromatic heterocycles. The van der Waals surface area contributed by atoms with E-state index in [0.29, 0.717) is 6.04 Å². The minimum absolute atomic E-state index is 0.140. The third-order valence-corrected chi connectivity index (χ3v) is 5.62. The third-order valence-electron chi connectivity index (χ3n) is 3.85. The molecular weight excluding hydrogens is 282 g/mol. The van der Waals surface area contributed by atoms with Gasteiger partial charge in [-0.3, -0.25) is 4.90 Å². The highest BCUT2D eigenvalue weighted by Gasteiger charge is 2.22. The number of hydrogen-bond acceptors (Lipinski definition) is 5. The van der Waals surface area contributed by atoms with Crippen molar-refractivity contribution in [3.8, 4) is 0 Å². The van der Waals surface area contributed by atoms with Gasteiger partial charge in [-0.2, -0.15) is 0 Å². The molecule has 0 radical (unpaired) electrons. The second-order valence-corrected chi connectivity index (χ2v) is 7.88. The lowest BCUT2D eigenvalue weighted by Gasteiger charge is -2.27. The Balaban J connectivity index is 1.85. The van der Waals surface area contributed by atoms with Gasteiger partial charge in [0.2, 0.25) is 0 Å². The Morgan fingerprint density at radius 3 is 2.57 bits per heavy atom. The molecule has 0 bridgehead atoms. The van der Waals surface area contributed by atoms with Crippen molar-refractivity contribution in [2.45, 2.75) is 46.1 Å². The van der Waals surface area contributed by atoms with Crippen molar-refractivity contribution in [3.63, 3.8) is 0 Å². The fraction of sp³-hybridized carbons (Fsp3) is 0.812. The zero-order chi connectivity index (χ0) is 15.5. The second kappa shape index (κ2) is 7.18. The number of nitrogens with one attached hydrogen (secondary N) is 1. The average molecular weight is 311 g/mol. The monoisotopic (exact) mass is 311 g/mol. The Morgan fingerprint density at radius 2 is 2.00 bits per heavy atom. The van der Waals surface area contributed by atoms with E-state index in [0.717, 1.165) is 39.4 Å². The number of morpholine rings is 1. The Kier molecular flexibility index (Phi) is 5.77. The van der Waals surface area contributed by atoms with Gasteiger partial charge in [-0.1, -0.05) is 20.8 Å². The summed E-state index contributed by atoms with van der Waals surface area (Å²) in [5, 5.41) is 4.87. The van der Waals surface area contributed by atoms with Crippen LogP contribution in [0.1, 0.15) is 49.3 Å². The number of ether oxygens (including phenoxy) is 1. The van der Waals surface area contributed by atoms with E-state index in [1.807, 2.05) is 11.3 Å². The lowest BCUT2D eigenvalue weighted by Crippen LogP contribution is -2.40. The Hall–Kier alpha value is -0.490. The molecule has 1 aliphatic heterocycles. The standard InChI is InChI=1S/C16H29N3OS/c1-12(17-6-7-19-8-10-20-11-9-19)14-13(2)18-15(21-14)16(3,4)5/h12,17H,6-11H2,1-5H3. The van der Waals surface area contributed by atoms with Gasteiger partial charge in [-0.05, 0) is 13.8 Å². The van der Waals surface area contributed by atoms with Crippen molar-refractivity contribution in [3.05, 3.63) is 15.6 Å². The predicted molar refractivity (Wildman–Crippen MR) is 89.2 cm³/mol. The quantitative estimate of drug-likeness (QED) is 0.907. The zero-order valence-corrected chi connectivity index (χ0v) is 14.8. The van der Waals surface area contributed by atoms with Crippen molar-refractivity contribution in [1.29, 1.82) is 0 Å². The Labute approximate surface area is 132 Å². The molecule has 0 amide bonds. The lowest BCUT2D eigenvalue weighted by atomic mass is 9.98.